The average molecular weight is 138 g/mol. The fourth-order valence-electron chi connectivity index (χ4n) is 0.394. The molecule has 0 spiro atoms. The van der Waals surface area contributed by atoms with Crippen LogP contribution in [-0.2, 0) is 9.53 Å². The van der Waals surface area contributed by atoms with E-state index in [-0.39, 0.29) is 5.97 Å². The normalized spacial score (nSPS) is 9.30. The molecule has 54 valence electrons. The second-order valence-corrected chi connectivity index (χ2v) is 1.65. The van der Waals surface area contributed by atoms with E-state index in [1.165, 1.54) is 6.92 Å². The van der Waals surface area contributed by atoms with Crippen molar-refractivity contribution in [2.24, 2.45) is 0 Å². The summed E-state index contributed by atoms with van der Waals surface area (Å²) in [5.74, 6) is -0.0360. The van der Waals surface area contributed by atoms with E-state index in [0.717, 1.165) is 0 Å². The zero-order valence-corrected chi connectivity index (χ0v) is 5.96. The summed E-state index contributed by atoms with van der Waals surface area (Å²) in [5, 5.41) is 0. The molecule has 0 aromatic carbocycles. The molecule has 10 heavy (non-hydrogen) atoms. The van der Waals surface area contributed by atoms with Crippen LogP contribution in [0.5, 0.6) is 0 Å². The van der Waals surface area contributed by atoms with Crippen molar-refractivity contribution in [2.45, 2.75) is 6.92 Å². The van der Waals surface area contributed by atoms with Crippen LogP contribution in [0, 0.1) is 0 Å². The highest BCUT2D eigenvalue weighted by Crippen LogP contribution is 1.95. The number of allylic oxidation sites excluding steroid dienone is 3. The van der Waals surface area contributed by atoms with E-state index in [0.29, 0.717) is 5.76 Å². The minimum absolute atomic E-state index is 0.326. The molecule has 0 aromatic rings. The topological polar surface area (TPSA) is 26.3 Å². The molecule has 0 aliphatic heterocycles. The highest BCUT2D eigenvalue weighted by atomic mass is 16.5. The maximum atomic E-state index is 10.3. The molecule has 0 saturated heterocycles. The highest BCUT2D eigenvalue weighted by Gasteiger charge is 1.91. The molecule has 0 heterocycles. The summed E-state index contributed by atoms with van der Waals surface area (Å²) >= 11 is 0. The molecule has 0 bridgehead atoms. The minimum Gasteiger partial charge on any atom is -0.427 e. The second-order valence-electron chi connectivity index (χ2n) is 1.65. The van der Waals surface area contributed by atoms with Gasteiger partial charge in [-0.25, -0.2) is 0 Å². The third-order valence-electron chi connectivity index (χ3n) is 0.693. The lowest BCUT2D eigenvalue weighted by atomic mass is 10.4. The number of ether oxygens (including phenoxy) is 1. The van der Waals surface area contributed by atoms with Crippen molar-refractivity contribution in [1.82, 2.24) is 0 Å². The van der Waals surface area contributed by atoms with Gasteiger partial charge in [0.1, 0.15) is 5.76 Å². The molecule has 0 unspecified atom stereocenters. The van der Waals surface area contributed by atoms with Crippen molar-refractivity contribution in [2.75, 3.05) is 0 Å². The first kappa shape index (κ1) is 8.69. The number of rotatable bonds is 3. The van der Waals surface area contributed by atoms with Crippen LogP contribution in [0.4, 0.5) is 0 Å². The molecule has 0 rings (SSSR count). The van der Waals surface area contributed by atoms with Crippen LogP contribution in [0.15, 0.2) is 37.1 Å². The third-order valence-corrected chi connectivity index (χ3v) is 0.693. The lowest BCUT2D eigenvalue weighted by Crippen LogP contribution is -1.94. The maximum absolute atomic E-state index is 10.3. The van der Waals surface area contributed by atoms with Crippen LogP contribution < -0.4 is 0 Å². The fourth-order valence-corrected chi connectivity index (χ4v) is 0.394. The van der Waals surface area contributed by atoms with Crippen LogP contribution in [0.25, 0.3) is 0 Å². The molecular weight excluding hydrogens is 128 g/mol. The van der Waals surface area contributed by atoms with Crippen molar-refractivity contribution in [3.63, 3.8) is 0 Å². The van der Waals surface area contributed by atoms with Crippen molar-refractivity contribution in [1.29, 1.82) is 0 Å². The predicted octanol–water partition coefficient (Wildman–Crippen LogP) is 1.81. The van der Waals surface area contributed by atoms with Gasteiger partial charge in [-0.1, -0.05) is 25.3 Å². The van der Waals surface area contributed by atoms with E-state index in [2.05, 4.69) is 17.9 Å². The third kappa shape index (κ3) is 4.84. The number of carbonyl (C=O) groups excluding carboxylic acids is 1. The largest absolute Gasteiger partial charge is 0.427 e. The smallest absolute Gasteiger partial charge is 0.308 e. The monoisotopic (exact) mass is 138 g/mol. The number of esters is 1. The number of hydrogen-bond acceptors (Lipinski definition) is 2. The van der Waals surface area contributed by atoms with Crippen LogP contribution in [0.2, 0.25) is 0 Å². The molecule has 0 saturated carbocycles. The number of carbonyl (C=O) groups is 1. The molecule has 0 aliphatic rings. The van der Waals surface area contributed by atoms with Crippen LogP contribution >= 0.6 is 0 Å². The molecule has 2 nitrogen and oxygen atoms in total. The van der Waals surface area contributed by atoms with E-state index in [1.54, 1.807) is 18.2 Å². The van der Waals surface area contributed by atoms with E-state index in [9.17, 15) is 4.79 Å². The average Bonchev–Trinajstić information content (AvgIpc) is 1.82. The Labute approximate surface area is 60.5 Å². The summed E-state index contributed by atoms with van der Waals surface area (Å²) in [6.45, 7) is 8.22. The van der Waals surface area contributed by atoms with Gasteiger partial charge in [-0.3, -0.25) is 4.79 Å². The summed E-state index contributed by atoms with van der Waals surface area (Å²) in [7, 11) is 0. The Bertz CT molecular complexity index is 178. The van der Waals surface area contributed by atoms with Crippen LogP contribution in [0.1, 0.15) is 6.92 Å². The minimum atomic E-state index is -0.362. The molecule has 0 aromatic heterocycles. The molecule has 0 atom stereocenters. The van der Waals surface area contributed by atoms with Crippen molar-refractivity contribution < 1.29 is 9.53 Å². The zero-order chi connectivity index (χ0) is 7.98. The van der Waals surface area contributed by atoms with Gasteiger partial charge >= 0.3 is 5.97 Å². The Morgan fingerprint density at radius 1 is 1.60 bits per heavy atom. The Morgan fingerprint density at radius 2 is 2.20 bits per heavy atom. The molecule has 0 radical (unpaired) electrons. The van der Waals surface area contributed by atoms with Crippen LogP contribution in [0.3, 0.4) is 0 Å². The van der Waals surface area contributed by atoms with Gasteiger partial charge in [0, 0.05) is 6.92 Å². The van der Waals surface area contributed by atoms with Crippen molar-refractivity contribution in [3.8, 4) is 0 Å². The highest BCUT2D eigenvalue weighted by molar-refractivity contribution is 5.67. The molecule has 0 amide bonds. The molecule has 0 N–H and O–H groups in total. The lowest BCUT2D eigenvalue weighted by Gasteiger charge is -1.96. The summed E-state index contributed by atoms with van der Waals surface area (Å²) in [6, 6.07) is 0. The first-order chi connectivity index (χ1) is 4.66. The summed E-state index contributed by atoms with van der Waals surface area (Å²) < 4.78 is 4.58. The maximum Gasteiger partial charge on any atom is 0.308 e. The zero-order valence-electron chi connectivity index (χ0n) is 5.96. The SMILES string of the molecule is C=C/C=C\C(=C)OC(C)=O. The van der Waals surface area contributed by atoms with Gasteiger partial charge in [0.15, 0.2) is 0 Å². The van der Waals surface area contributed by atoms with Gasteiger partial charge in [-0.15, -0.1) is 0 Å². The summed E-state index contributed by atoms with van der Waals surface area (Å²) in [6.07, 6.45) is 4.79. The fraction of sp³-hybridized carbons (Fsp3) is 0.125. The van der Waals surface area contributed by atoms with Gasteiger partial charge in [0.2, 0.25) is 0 Å². The Hall–Kier alpha value is -1.31. The molecule has 0 fully saturated rings. The Balaban J connectivity index is 3.75. The van der Waals surface area contributed by atoms with Crippen molar-refractivity contribution >= 4 is 5.97 Å². The first-order valence-electron chi connectivity index (χ1n) is 2.83. The quantitative estimate of drug-likeness (QED) is 0.337. The van der Waals surface area contributed by atoms with Gasteiger partial charge < -0.3 is 4.74 Å². The standard InChI is InChI=1S/C8H10O2/c1-4-5-6-7(2)10-8(3)9/h4-6H,1-2H2,3H3/b6-5-. The Morgan fingerprint density at radius 3 is 2.60 bits per heavy atom. The van der Waals surface area contributed by atoms with E-state index in [1.807, 2.05) is 0 Å². The van der Waals surface area contributed by atoms with Gasteiger partial charge in [-0.05, 0) is 6.08 Å². The van der Waals surface area contributed by atoms with E-state index < -0.39 is 0 Å². The van der Waals surface area contributed by atoms with Gasteiger partial charge in [0.05, 0.1) is 0 Å². The molecular formula is C8H10O2. The first-order valence-corrected chi connectivity index (χ1v) is 2.83. The molecule has 0 aliphatic carbocycles. The van der Waals surface area contributed by atoms with E-state index >= 15 is 0 Å². The summed E-state index contributed by atoms with van der Waals surface area (Å²) in [5.41, 5.74) is 0. The van der Waals surface area contributed by atoms with Crippen LogP contribution in [-0.4, -0.2) is 5.97 Å². The lowest BCUT2D eigenvalue weighted by molar-refractivity contribution is -0.136. The number of hydrogen-bond donors (Lipinski definition) is 0. The summed E-state index contributed by atoms with van der Waals surface area (Å²) in [4.78, 5) is 10.3. The second kappa shape index (κ2) is 4.56. The van der Waals surface area contributed by atoms with E-state index in [4.69, 9.17) is 0 Å². The Kier molecular flexibility index (Phi) is 3.96. The van der Waals surface area contributed by atoms with Gasteiger partial charge in [-0.2, -0.15) is 0 Å². The molecule has 2 heteroatoms. The van der Waals surface area contributed by atoms with Crippen molar-refractivity contribution in [3.05, 3.63) is 37.1 Å². The predicted molar refractivity (Wildman–Crippen MR) is 40.2 cm³/mol. The van der Waals surface area contributed by atoms with Gasteiger partial charge in [0.25, 0.3) is 0 Å².